The molecule has 0 amide bonds. The summed E-state index contributed by atoms with van der Waals surface area (Å²) in [4.78, 5) is 8.49. The second-order valence-electron chi connectivity index (χ2n) is 4.88. The summed E-state index contributed by atoms with van der Waals surface area (Å²) in [6.45, 7) is 7.90. The molecule has 0 aliphatic carbocycles. The van der Waals surface area contributed by atoms with E-state index in [1.54, 1.807) is 7.05 Å². The first-order chi connectivity index (χ1) is 10.1. The zero-order valence-electron chi connectivity index (χ0n) is 13.0. The van der Waals surface area contributed by atoms with Crippen LogP contribution in [-0.4, -0.2) is 34.3 Å². The van der Waals surface area contributed by atoms with Gasteiger partial charge in [0.15, 0.2) is 5.96 Å². The number of aryl methyl sites for hydroxylation is 3. The molecule has 114 valence electrons. The number of oxazole rings is 1. The summed E-state index contributed by atoms with van der Waals surface area (Å²) < 4.78 is 7.41. The molecule has 7 heteroatoms. The highest BCUT2D eigenvalue weighted by atomic mass is 16.4. The van der Waals surface area contributed by atoms with E-state index in [2.05, 4.69) is 25.7 Å². The van der Waals surface area contributed by atoms with Crippen molar-refractivity contribution in [2.24, 2.45) is 4.99 Å². The van der Waals surface area contributed by atoms with Gasteiger partial charge in [-0.05, 0) is 26.3 Å². The van der Waals surface area contributed by atoms with Crippen molar-refractivity contribution in [3.63, 3.8) is 0 Å². The van der Waals surface area contributed by atoms with Gasteiger partial charge in [-0.1, -0.05) is 0 Å². The van der Waals surface area contributed by atoms with Crippen LogP contribution in [0.25, 0.3) is 0 Å². The fourth-order valence-corrected chi connectivity index (χ4v) is 1.87. The molecular formula is C14H22N6O. The van der Waals surface area contributed by atoms with Crippen LogP contribution in [0.4, 0.5) is 0 Å². The number of rotatable bonds is 5. The van der Waals surface area contributed by atoms with Crippen molar-refractivity contribution in [2.75, 3.05) is 13.6 Å². The Balaban J connectivity index is 1.75. The lowest BCUT2D eigenvalue weighted by Crippen LogP contribution is -2.38. The topological polar surface area (TPSA) is 80.3 Å². The molecule has 0 aliphatic heterocycles. The Hall–Kier alpha value is -2.31. The molecule has 0 aliphatic rings. The summed E-state index contributed by atoms with van der Waals surface area (Å²) in [7, 11) is 1.74. The molecule has 0 spiro atoms. The molecule has 0 saturated heterocycles. The Kier molecular flexibility index (Phi) is 4.97. The number of nitrogens with one attached hydrogen (secondary N) is 2. The molecule has 2 aromatic heterocycles. The molecule has 7 nitrogen and oxygen atoms in total. The minimum Gasteiger partial charge on any atom is -0.444 e. The van der Waals surface area contributed by atoms with Gasteiger partial charge in [0.05, 0.1) is 25.0 Å². The highest BCUT2D eigenvalue weighted by Gasteiger charge is 2.06. The normalized spacial score (nSPS) is 11.7. The van der Waals surface area contributed by atoms with Gasteiger partial charge in [0, 0.05) is 19.8 Å². The van der Waals surface area contributed by atoms with E-state index >= 15 is 0 Å². The number of guanidine groups is 1. The molecule has 2 aromatic rings. The Morgan fingerprint density at radius 1 is 1.33 bits per heavy atom. The molecule has 2 rings (SSSR count). The second kappa shape index (κ2) is 6.92. The average molecular weight is 290 g/mol. The minimum atomic E-state index is 0.509. The van der Waals surface area contributed by atoms with Crippen LogP contribution in [0, 0.1) is 20.8 Å². The van der Waals surface area contributed by atoms with Crippen LogP contribution in [0.1, 0.15) is 22.9 Å². The largest absolute Gasteiger partial charge is 0.444 e. The van der Waals surface area contributed by atoms with Crippen LogP contribution in [0.15, 0.2) is 21.8 Å². The highest BCUT2D eigenvalue weighted by Crippen LogP contribution is 2.07. The van der Waals surface area contributed by atoms with Crippen molar-refractivity contribution in [2.45, 2.75) is 33.9 Å². The van der Waals surface area contributed by atoms with Crippen molar-refractivity contribution >= 4 is 5.96 Å². The van der Waals surface area contributed by atoms with Gasteiger partial charge in [0.2, 0.25) is 5.89 Å². The highest BCUT2D eigenvalue weighted by molar-refractivity contribution is 5.79. The molecular weight excluding hydrogens is 268 g/mol. The van der Waals surface area contributed by atoms with Gasteiger partial charge in [0.25, 0.3) is 0 Å². The Labute approximate surface area is 124 Å². The van der Waals surface area contributed by atoms with E-state index in [0.717, 1.165) is 30.1 Å². The Morgan fingerprint density at radius 2 is 2.14 bits per heavy atom. The van der Waals surface area contributed by atoms with Gasteiger partial charge in [-0.25, -0.2) is 4.98 Å². The van der Waals surface area contributed by atoms with Gasteiger partial charge >= 0.3 is 0 Å². The predicted octanol–water partition coefficient (Wildman–Crippen LogP) is 1.16. The van der Waals surface area contributed by atoms with Crippen molar-refractivity contribution in [1.29, 1.82) is 0 Å². The minimum absolute atomic E-state index is 0.509. The first-order valence-electron chi connectivity index (χ1n) is 6.95. The van der Waals surface area contributed by atoms with Crippen LogP contribution in [0.3, 0.4) is 0 Å². The lowest BCUT2D eigenvalue weighted by Gasteiger charge is -2.10. The lowest BCUT2D eigenvalue weighted by molar-refractivity contribution is 0.463. The SMILES string of the molecule is CN=C(NCCn1cc(C)cn1)NCc1nc(C)c(C)o1. The van der Waals surface area contributed by atoms with Crippen LogP contribution in [-0.2, 0) is 13.1 Å². The van der Waals surface area contributed by atoms with Crippen molar-refractivity contribution in [3.8, 4) is 0 Å². The Bertz CT molecular complexity index is 593. The number of nitrogens with zero attached hydrogens (tertiary/aromatic N) is 4. The molecule has 0 radical (unpaired) electrons. The fourth-order valence-electron chi connectivity index (χ4n) is 1.87. The van der Waals surface area contributed by atoms with E-state index < -0.39 is 0 Å². The molecule has 0 aromatic carbocycles. The zero-order valence-corrected chi connectivity index (χ0v) is 13.0. The molecule has 2 heterocycles. The number of aromatic nitrogens is 3. The number of hydrogen-bond donors (Lipinski definition) is 2. The molecule has 21 heavy (non-hydrogen) atoms. The molecule has 0 bridgehead atoms. The van der Waals surface area contributed by atoms with Crippen LogP contribution in [0.5, 0.6) is 0 Å². The third-order valence-electron chi connectivity index (χ3n) is 3.10. The summed E-state index contributed by atoms with van der Waals surface area (Å²) in [6.07, 6.45) is 3.86. The van der Waals surface area contributed by atoms with Gasteiger partial charge < -0.3 is 15.1 Å². The maximum atomic E-state index is 5.52. The molecule has 0 atom stereocenters. The monoisotopic (exact) mass is 290 g/mol. The summed E-state index contributed by atoms with van der Waals surface area (Å²) in [6, 6.07) is 0. The third kappa shape index (κ3) is 4.34. The van der Waals surface area contributed by atoms with Crippen LogP contribution in [0.2, 0.25) is 0 Å². The maximum Gasteiger partial charge on any atom is 0.214 e. The summed E-state index contributed by atoms with van der Waals surface area (Å²) >= 11 is 0. The Morgan fingerprint density at radius 3 is 2.71 bits per heavy atom. The van der Waals surface area contributed by atoms with Crippen molar-refractivity contribution < 1.29 is 4.42 Å². The summed E-state index contributed by atoms with van der Waals surface area (Å²) in [5.74, 6) is 2.23. The number of hydrogen-bond acceptors (Lipinski definition) is 4. The van der Waals surface area contributed by atoms with E-state index in [4.69, 9.17) is 4.42 Å². The lowest BCUT2D eigenvalue weighted by atomic mass is 10.4. The van der Waals surface area contributed by atoms with Crippen molar-refractivity contribution in [3.05, 3.63) is 35.3 Å². The van der Waals surface area contributed by atoms with Gasteiger partial charge in [-0.2, -0.15) is 5.10 Å². The molecule has 0 unspecified atom stereocenters. The van der Waals surface area contributed by atoms with E-state index in [0.29, 0.717) is 18.4 Å². The number of aliphatic imine (C=N–C) groups is 1. The fraction of sp³-hybridized carbons (Fsp3) is 0.500. The molecule has 0 fully saturated rings. The molecule has 0 saturated carbocycles. The average Bonchev–Trinajstić information content (AvgIpc) is 3.00. The second-order valence-corrected chi connectivity index (χ2v) is 4.88. The third-order valence-corrected chi connectivity index (χ3v) is 3.10. The van der Waals surface area contributed by atoms with Crippen LogP contribution >= 0.6 is 0 Å². The zero-order chi connectivity index (χ0) is 15.2. The van der Waals surface area contributed by atoms with E-state index in [1.807, 2.05) is 37.8 Å². The van der Waals surface area contributed by atoms with Crippen molar-refractivity contribution in [1.82, 2.24) is 25.4 Å². The quantitative estimate of drug-likeness (QED) is 0.638. The van der Waals surface area contributed by atoms with Crippen LogP contribution < -0.4 is 10.6 Å². The maximum absolute atomic E-state index is 5.52. The summed E-state index contributed by atoms with van der Waals surface area (Å²) in [5.41, 5.74) is 2.08. The standard InChI is InChI=1S/C14H22N6O/c1-10-7-18-20(9-10)6-5-16-14(15-4)17-8-13-19-11(2)12(3)21-13/h7,9H,5-6,8H2,1-4H3,(H2,15,16,17). The van der Waals surface area contributed by atoms with E-state index in [-0.39, 0.29) is 0 Å². The van der Waals surface area contributed by atoms with E-state index in [1.165, 1.54) is 0 Å². The van der Waals surface area contributed by atoms with Gasteiger partial charge in [0.1, 0.15) is 5.76 Å². The van der Waals surface area contributed by atoms with Gasteiger partial charge in [-0.15, -0.1) is 0 Å². The smallest absolute Gasteiger partial charge is 0.214 e. The van der Waals surface area contributed by atoms with E-state index in [9.17, 15) is 0 Å². The molecule has 2 N–H and O–H groups in total. The van der Waals surface area contributed by atoms with Gasteiger partial charge in [-0.3, -0.25) is 9.67 Å². The first kappa shape index (κ1) is 15.1. The first-order valence-corrected chi connectivity index (χ1v) is 6.95. The predicted molar refractivity (Wildman–Crippen MR) is 81.1 cm³/mol. The summed E-state index contributed by atoms with van der Waals surface area (Å²) in [5, 5.41) is 10.6.